The van der Waals surface area contributed by atoms with Crippen molar-refractivity contribution in [2.75, 3.05) is 26.5 Å². The van der Waals surface area contributed by atoms with Crippen molar-refractivity contribution in [3.05, 3.63) is 91.6 Å². The first-order valence-corrected chi connectivity index (χ1v) is 13.8. The number of carbonyl (C=O) groups excluding carboxylic acids is 1. The smallest absolute Gasteiger partial charge is 0.348 e. The predicted molar refractivity (Wildman–Crippen MR) is 133 cm³/mol. The van der Waals surface area contributed by atoms with Gasteiger partial charge in [0.2, 0.25) is 0 Å². The van der Waals surface area contributed by atoms with Gasteiger partial charge in [0.05, 0.1) is 13.2 Å². The number of thiophene rings is 1. The van der Waals surface area contributed by atoms with E-state index in [0.717, 1.165) is 11.1 Å². The van der Waals surface area contributed by atoms with Crippen molar-refractivity contribution in [1.82, 2.24) is 4.90 Å². The van der Waals surface area contributed by atoms with E-state index in [1.54, 1.807) is 12.1 Å². The maximum absolute atomic E-state index is 12.7. The summed E-state index contributed by atoms with van der Waals surface area (Å²) in [7, 11) is -2.08. The number of nitrogens with zero attached hydrogens (tertiary/aromatic N) is 1. The zero-order valence-electron chi connectivity index (χ0n) is 18.1. The number of likely N-dealkylation sites (tertiary alicyclic amines) is 1. The van der Waals surface area contributed by atoms with Crippen molar-refractivity contribution in [1.29, 1.82) is 0 Å². The van der Waals surface area contributed by atoms with Crippen LogP contribution in [0.5, 0.6) is 0 Å². The normalized spacial score (nSPS) is 15.9. The van der Waals surface area contributed by atoms with Gasteiger partial charge in [0, 0.05) is 40.2 Å². The monoisotopic (exact) mass is 523 g/mol. The Labute approximate surface area is 207 Å². The van der Waals surface area contributed by atoms with Crippen molar-refractivity contribution in [2.24, 2.45) is 5.92 Å². The number of methoxy groups -OCH3 is 1. The fourth-order valence-electron chi connectivity index (χ4n) is 4.36. The molecule has 0 radical (unpaired) electrons. The molecule has 1 saturated heterocycles. The van der Waals surface area contributed by atoms with E-state index in [2.05, 4.69) is 4.90 Å². The Morgan fingerprint density at radius 3 is 1.94 bits per heavy atom. The zero-order chi connectivity index (χ0) is 23.8. The van der Waals surface area contributed by atoms with Crippen molar-refractivity contribution in [2.45, 2.75) is 11.3 Å². The Bertz CT molecular complexity index is 1190. The zero-order valence-corrected chi connectivity index (χ0v) is 21.2. The first-order valence-electron chi connectivity index (χ1n) is 10.3. The van der Waals surface area contributed by atoms with Crippen LogP contribution in [0.15, 0.2) is 60.7 Å². The molecule has 33 heavy (non-hydrogen) atoms. The van der Waals surface area contributed by atoms with Gasteiger partial charge in [0.25, 0.3) is 0 Å². The minimum absolute atomic E-state index is 0.0510. The van der Waals surface area contributed by atoms with Crippen LogP contribution in [0.1, 0.15) is 37.0 Å². The molecular formula is C24H23Cl2NO4S2. The lowest BCUT2D eigenvalue weighted by atomic mass is 9.88. The minimum Gasteiger partial charge on any atom is -0.465 e. The number of benzene rings is 2. The van der Waals surface area contributed by atoms with E-state index >= 15 is 0 Å². The Kier molecular flexibility index (Phi) is 7.17. The molecule has 3 aromatic rings. The molecule has 2 heterocycles. The maximum Gasteiger partial charge on any atom is 0.348 e. The molecule has 2 aromatic carbocycles. The second-order valence-corrected chi connectivity index (χ2v) is 12.3. The molecule has 1 aliphatic heterocycles. The third-order valence-electron chi connectivity index (χ3n) is 5.86. The quantitative estimate of drug-likeness (QED) is 0.374. The Morgan fingerprint density at radius 1 is 0.970 bits per heavy atom. The molecule has 1 fully saturated rings. The molecule has 1 aliphatic rings. The van der Waals surface area contributed by atoms with Crippen LogP contribution >= 0.6 is 34.5 Å². The van der Waals surface area contributed by atoms with Crippen LogP contribution in [0.2, 0.25) is 10.0 Å². The average Bonchev–Trinajstić information content (AvgIpc) is 3.22. The minimum atomic E-state index is -3.39. The summed E-state index contributed by atoms with van der Waals surface area (Å²) < 4.78 is 30.3. The highest BCUT2D eigenvalue weighted by Gasteiger charge is 2.43. The standard InChI is InChI=1S/C24H23Cl2NO4S2/c1-31-24(28)21-12-11-20(32-21)23(33(2,29)30)17-13-27(14-17)22(15-3-7-18(25)8-4-15)16-5-9-19(26)10-6-16/h3-12,17,22-23H,13-14H2,1-2H3. The van der Waals surface area contributed by atoms with Gasteiger partial charge >= 0.3 is 5.97 Å². The third-order valence-corrected chi connectivity index (χ3v) is 9.22. The van der Waals surface area contributed by atoms with E-state index < -0.39 is 21.1 Å². The molecule has 0 amide bonds. The largest absolute Gasteiger partial charge is 0.465 e. The topological polar surface area (TPSA) is 63.7 Å². The van der Waals surface area contributed by atoms with E-state index in [0.29, 0.717) is 32.9 Å². The van der Waals surface area contributed by atoms with Crippen LogP contribution in [-0.4, -0.2) is 45.7 Å². The van der Waals surface area contributed by atoms with Crippen molar-refractivity contribution in [3.63, 3.8) is 0 Å². The first kappa shape index (κ1) is 24.2. The van der Waals surface area contributed by atoms with Gasteiger partial charge in [-0.1, -0.05) is 47.5 Å². The maximum atomic E-state index is 12.7. The highest BCUT2D eigenvalue weighted by Crippen LogP contribution is 2.43. The Balaban J connectivity index is 1.61. The number of carbonyl (C=O) groups is 1. The van der Waals surface area contributed by atoms with Crippen molar-refractivity contribution < 1.29 is 17.9 Å². The van der Waals surface area contributed by atoms with E-state index in [1.165, 1.54) is 24.7 Å². The molecule has 0 saturated carbocycles. The van der Waals surface area contributed by atoms with Crippen LogP contribution in [0.3, 0.4) is 0 Å². The second-order valence-electron chi connectivity index (χ2n) is 8.16. The van der Waals surface area contributed by atoms with Crippen LogP contribution in [0.4, 0.5) is 0 Å². The summed E-state index contributed by atoms with van der Waals surface area (Å²) in [6.07, 6.45) is 1.26. The van der Waals surface area contributed by atoms with Crippen LogP contribution in [0.25, 0.3) is 0 Å². The van der Waals surface area contributed by atoms with Crippen LogP contribution in [-0.2, 0) is 14.6 Å². The number of esters is 1. The van der Waals surface area contributed by atoms with Crippen LogP contribution in [0, 0.1) is 5.92 Å². The summed E-state index contributed by atoms with van der Waals surface area (Å²) in [5.41, 5.74) is 2.14. The molecule has 0 bridgehead atoms. The van der Waals surface area contributed by atoms with E-state index in [9.17, 15) is 13.2 Å². The lowest BCUT2D eigenvalue weighted by Gasteiger charge is -2.47. The van der Waals surface area contributed by atoms with Gasteiger partial charge in [0.15, 0.2) is 9.84 Å². The Hall–Kier alpha value is -1.90. The molecule has 1 unspecified atom stereocenters. The molecule has 0 aliphatic carbocycles. The fourth-order valence-corrected chi connectivity index (χ4v) is 7.66. The molecular weight excluding hydrogens is 501 g/mol. The molecule has 174 valence electrons. The lowest BCUT2D eigenvalue weighted by Crippen LogP contribution is -2.52. The molecule has 5 nitrogen and oxygen atoms in total. The summed E-state index contributed by atoms with van der Waals surface area (Å²) >= 11 is 13.4. The van der Waals surface area contributed by atoms with E-state index in [-0.39, 0.29) is 12.0 Å². The van der Waals surface area contributed by atoms with Gasteiger partial charge in [-0.25, -0.2) is 13.2 Å². The van der Waals surface area contributed by atoms with Gasteiger partial charge in [-0.05, 0) is 47.5 Å². The highest BCUT2D eigenvalue weighted by atomic mass is 35.5. The molecule has 4 rings (SSSR count). The van der Waals surface area contributed by atoms with Crippen molar-refractivity contribution >= 4 is 50.3 Å². The number of hydrogen-bond donors (Lipinski definition) is 0. The molecule has 1 atom stereocenters. The summed E-state index contributed by atoms with van der Waals surface area (Å²) in [6.45, 7) is 1.19. The van der Waals surface area contributed by atoms with Gasteiger partial charge < -0.3 is 4.74 Å². The number of sulfone groups is 1. The number of hydrogen-bond acceptors (Lipinski definition) is 6. The Morgan fingerprint density at radius 2 is 1.48 bits per heavy atom. The third kappa shape index (κ3) is 5.28. The van der Waals surface area contributed by atoms with Gasteiger partial charge in [-0.2, -0.15) is 0 Å². The summed E-state index contributed by atoms with van der Waals surface area (Å²) in [6, 6.07) is 18.7. The SMILES string of the molecule is COC(=O)c1ccc(C(C2CN(C(c3ccc(Cl)cc3)c3ccc(Cl)cc3)C2)S(C)(=O)=O)s1. The number of halogens is 2. The molecule has 0 N–H and O–H groups in total. The van der Waals surface area contributed by atoms with E-state index in [4.69, 9.17) is 27.9 Å². The fraction of sp³-hybridized carbons (Fsp3) is 0.292. The summed E-state index contributed by atoms with van der Waals surface area (Å²) in [5, 5.41) is 0.644. The summed E-state index contributed by atoms with van der Waals surface area (Å²) in [5.74, 6) is -0.550. The van der Waals surface area contributed by atoms with Gasteiger partial charge in [-0.3, -0.25) is 4.90 Å². The van der Waals surface area contributed by atoms with E-state index in [1.807, 2.05) is 48.5 Å². The van der Waals surface area contributed by atoms with Crippen molar-refractivity contribution in [3.8, 4) is 0 Å². The van der Waals surface area contributed by atoms with Crippen LogP contribution < -0.4 is 0 Å². The molecule has 1 aromatic heterocycles. The molecule has 9 heteroatoms. The first-order chi connectivity index (χ1) is 15.7. The highest BCUT2D eigenvalue weighted by molar-refractivity contribution is 7.91. The number of ether oxygens (including phenoxy) is 1. The second kappa shape index (κ2) is 9.76. The van der Waals surface area contributed by atoms with Gasteiger partial charge in [-0.15, -0.1) is 11.3 Å². The molecule has 0 spiro atoms. The summed E-state index contributed by atoms with van der Waals surface area (Å²) in [4.78, 5) is 15.2. The average molecular weight is 524 g/mol. The van der Waals surface area contributed by atoms with Gasteiger partial charge in [0.1, 0.15) is 10.1 Å². The lowest BCUT2D eigenvalue weighted by molar-refractivity contribution is 0.0606. The number of rotatable bonds is 7. The predicted octanol–water partition coefficient (Wildman–Crippen LogP) is 5.65.